The van der Waals surface area contributed by atoms with Crippen molar-refractivity contribution in [1.29, 1.82) is 0 Å². The highest BCUT2D eigenvalue weighted by Gasteiger charge is 2.18. The molecule has 3 nitrogen and oxygen atoms in total. The smallest absolute Gasteiger partial charge is 0.338 e. The van der Waals surface area contributed by atoms with Crippen LogP contribution in [-0.2, 0) is 4.74 Å². The van der Waals surface area contributed by atoms with Crippen LogP contribution in [0.1, 0.15) is 38.8 Å². The van der Waals surface area contributed by atoms with Gasteiger partial charge in [0.1, 0.15) is 0 Å². The van der Waals surface area contributed by atoms with Gasteiger partial charge < -0.3 is 4.74 Å². The molecule has 1 rings (SSSR count). The summed E-state index contributed by atoms with van der Waals surface area (Å²) in [5, 5.41) is 0. The van der Waals surface area contributed by atoms with E-state index >= 15 is 0 Å². The van der Waals surface area contributed by atoms with E-state index in [-0.39, 0.29) is 10.6 Å². The second-order valence-electron chi connectivity index (χ2n) is 3.95. The molecule has 0 aliphatic carbocycles. The number of Topliss-reactive ketones (excluding diaryl/α,β-unsaturated/α-hetero) is 1. The van der Waals surface area contributed by atoms with E-state index < -0.39 is 5.97 Å². The minimum absolute atomic E-state index is 0.0346. The quantitative estimate of drug-likeness (QED) is 0.489. The lowest BCUT2D eigenvalue weighted by Crippen LogP contribution is -2.14. The maximum absolute atomic E-state index is 11.9. The molecule has 4 heteroatoms. The summed E-state index contributed by atoms with van der Waals surface area (Å²) in [5.74, 6) is -0.452. The fraction of sp³-hybridized carbons (Fsp3) is 0.385. The Kier molecular flexibility index (Phi) is 4.46. The van der Waals surface area contributed by atoms with E-state index in [1.165, 1.54) is 7.11 Å². The van der Waals surface area contributed by atoms with Gasteiger partial charge in [-0.2, -0.15) is 0 Å². The predicted molar refractivity (Wildman–Crippen MR) is 70.0 cm³/mol. The summed E-state index contributed by atoms with van der Waals surface area (Å²) in [6, 6.07) is 3.44. The topological polar surface area (TPSA) is 43.4 Å². The summed E-state index contributed by atoms with van der Waals surface area (Å²) < 4.78 is 4.69. The molecule has 17 heavy (non-hydrogen) atoms. The number of esters is 1. The summed E-state index contributed by atoms with van der Waals surface area (Å²) in [6.07, 6.45) is 0. The van der Waals surface area contributed by atoms with E-state index in [4.69, 9.17) is 4.74 Å². The Hall–Kier alpha value is -1.16. The van der Waals surface area contributed by atoms with Gasteiger partial charge in [0.25, 0.3) is 0 Å². The van der Waals surface area contributed by atoms with E-state index in [9.17, 15) is 9.59 Å². The third-order valence-corrected chi connectivity index (χ3v) is 3.02. The van der Waals surface area contributed by atoms with Gasteiger partial charge >= 0.3 is 5.97 Å². The van der Waals surface area contributed by atoms with Crippen molar-refractivity contribution in [1.82, 2.24) is 0 Å². The van der Waals surface area contributed by atoms with Crippen LogP contribution < -0.4 is 0 Å². The molecule has 0 aromatic heterocycles. The molecule has 0 spiro atoms. The fourth-order valence-electron chi connectivity index (χ4n) is 1.66. The number of methoxy groups -OCH3 is 1. The van der Waals surface area contributed by atoms with Gasteiger partial charge in [-0.15, -0.1) is 0 Å². The number of hydrogen-bond acceptors (Lipinski definition) is 3. The van der Waals surface area contributed by atoms with Crippen molar-refractivity contribution >= 4 is 27.7 Å². The molecule has 0 fully saturated rings. The lowest BCUT2D eigenvalue weighted by Gasteiger charge is -2.11. The standard InChI is InChI=1S/C13H15BrO3/c1-7-5-8(2)11(13(16)17-4)6-10(7)12(15)9(3)14/h5-6,9H,1-4H3. The monoisotopic (exact) mass is 298 g/mol. The number of hydrogen-bond donors (Lipinski definition) is 0. The van der Waals surface area contributed by atoms with Crippen molar-refractivity contribution in [2.75, 3.05) is 7.11 Å². The number of ether oxygens (including phenoxy) is 1. The van der Waals surface area contributed by atoms with E-state index in [0.717, 1.165) is 11.1 Å². The number of carbonyl (C=O) groups excluding carboxylic acids is 2. The maximum atomic E-state index is 11.9. The molecule has 0 N–H and O–H groups in total. The van der Waals surface area contributed by atoms with Gasteiger partial charge in [0.15, 0.2) is 5.78 Å². The molecule has 0 saturated heterocycles. The largest absolute Gasteiger partial charge is 0.465 e. The van der Waals surface area contributed by atoms with Crippen molar-refractivity contribution < 1.29 is 14.3 Å². The molecule has 92 valence electrons. The summed E-state index contributed by atoms with van der Waals surface area (Å²) >= 11 is 3.24. The Morgan fingerprint density at radius 3 is 2.18 bits per heavy atom. The normalized spacial score (nSPS) is 12.1. The summed E-state index contributed by atoms with van der Waals surface area (Å²) in [4.78, 5) is 23.2. The zero-order valence-corrected chi connectivity index (χ0v) is 11.9. The Morgan fingerprint density at radius 1 is 1.18 bits per heavy atom. The number of aryl methyl sites for hydroxylation is 2. The first-order valence-electron chi connectivity index (χ1n) is 5.26. The Balaban J connectivity index is 3.33. The van der Waals surface area contributed by atoms with E-state index in [0.29, 0.717) is 11.1 Å². The Morgan fingerprint density at radius 2 is 1.71 bits per heavy atom. The second-order valence-corrected chi connectivity index (χ2v) is 5.33. The average molecular weight is 299 g/mol. The molecule has 1 aromatic carbocycles. The van der Waals surface area contributed by atoms with Crippen LogP contribution in [0.15, 0.2) is 12.1 Å². The zero-order valence-electron chi connectivity index (χ0n) is 10.3. The summed E-state index contributed by atoms with van der Waals surface area (Å²) in [5.41, 5.74) is 2.68. The fourth-order valence-corrected chi connectivity index (χ4v) is 1.91. The molecule has 0 saturated carbocycles. The predicted octanol–water partition coefficient (Wildman–Crippen LogP) is 3.06. The highest BCUT2D eigenvalue weighted by molar-refractivity contribution is 9.10. The second kappa shape index (κ2) is 5.45. The Labute approximate surface area is 109 Å². The SMILES string of the molecule is COC(=O)c1cc(C(=O)C(C)Br)c(C)cc1C. The molecule has 0 bridgehead atoms. The molecule has 1 aromatic rings. The molecule has 0 heterocycles. The summed E-state index contributed by atoms with van der Waals surface area (Å²) in [7, 11) is 1.33. The van der Waals surface area contributed by atoms with Crippen LogP contribution >= 0.6 is 15.9 Å². The number of alkyl halides is 1. The van der Waals surface area contributed by atoms with E-state index in [1.807, 2.05) is 19.9 Å². The number of ketones is 1. The highest BCUT2D eigenvalue weighted by atomic mass is 79.9. The van der Waals surface area contributed by atoms with E-state index in [1.54, 1.807) is 13.0 Å². The first-order chi connectivity index (χ1) is 7.88. The van der Waals surface area contributed by atoms with Gasteiger partial charge in [-0.25, -0.2) is 4.79 Å². The van der Waals surface area contributed by atoms with Crippen LogP contribution in [0.4, 0.5) is 0 Å². The van der Waals surface area contributed by atoms with Gasteiger partial charge in [0.2, 0.25) is 0 Å². The number of carbonyl (C=O) groups is 2. The van der Waals surface area contributed by atoms with Crippen molar-refractivity contribution in [2.45, 2.75) is 25.6 Å². The lowest BCUT2D eigenvalue weighted by atomic mass is 9.96. The lowest BCUT2D eigenvalue weighted by molar-refractivity contribution is 0.0600. The van der Waals surface area contributed by atoms with Crippen LogP contribution in [0.3, 0.4) is 0 Å². The Bertz CT molecular complexity index is 464. The molecule has 0 radical (unpaired) electrons. The van der Waals surface area contributed by atoms with Crippen LogP contribution in [0.5, 0.6) is 0 Å². The first kappa shape index (κ1) is 13.9. The third-order valence-electron chi connectivity index (χ3n) is 2.60. The first-order valence-corrected chi connectivity index (χ1v) is 6.18. The average Bonchev–Trinajstić information content (AvgIpc) is 2.27. The molecule has 1 atom stereocenters. The van der Waals surface area contributed by atoms with Crippen LogP contribution in [0, 0.1) is 13.8 Å². The van der Waals surface area contributed by atoms with Gasteiger partial charge in [0, 0.05) is 5.56 Å². The minimum atomic E-state index is -0.418. The van der Waals surface area contributed by atoms with Crippen LogP contribution in [-0.4, -0.2) is 23.7 Å². The van der Waals surface area contributed by atoms with Crippen molar-refractivity contribution in [3.63, 3.8) is 0 Å². The number of halogens is 1. The molecule has 1 unspecified atom stereocenters. The zero-order chi connectivity index (χ0) is 13.2. The van der Waals surface area contributed by atoms with Crippen molar-refractivity contribution in [3.8, 4) is 0 Å². The van der Waals surface area contributed by atoms with Gasteiger partial charge in [-0.05, 0) is 38.0 Å². The third kappa shape index (κ3) is 2.94. The van der Waals surface area contributed by atoms with Crippen molar-refractivity contribution in [3.05, 3.63) is 34.4 Å². The molecule has 0 aliphatic rings. The van der Waals surface area contributed by atoms with Crippen LogP contribution in [0.25, 0.3) is 0 Å². The van der Waals surface area contributed by atoms with Crippen LogP contribution in [0.2, 0.25) is 0 Å². The van der Waals surface area contributed by atoms with Gasteiger partial charge in [-0.3, -0.25) is 4.79 Å². The molecular formula is C13H15BrO3. The molecule has 0 aliphatic heterocycles. The summed E-state index contributed by atoms with van der Waals surface area (Å²) in [6.45, 7) is 5.45. The van der Waals surface area contributed by atoms with Crippen molar-refractivity contribution in [2.24, 2.45) is 0 Å². The van der Waals surface area contributed by atoms with Gasteiger partial charge in [0.05, 0.1) is 17.5 Å². The number of rotatable bonds is 3. The maximum Gasteiger partial charge on any atom is 0.338 e. The minimum Gasteiger partial charge on any atom is -0.465 e. The number of benzene rings is 1. The highest BCUT2D eigenvalue weighted by Crippen LogP contribution is 2.20. The molecular weight excluding hydrogens is 284 g/mol. The van der Waals surface area contributed by atoms with E-state index in [2.05, 4.69) is 15.9 Å². The molecule has 0 amide bonds. The van der Waals surface area contributed by atoms with Gasteiger partial charge in [-0.1, -0.05) is 22.0 Å².